The predicted octanol–water partition coefficient (Wildman–Crippen LogP) is 4.94. The molecule has 4 rings (SSSR count). The van der Waals surface area contributed by atoms with Gasteiger partial charge in [-0.05, 0) is 55.2 Å². The van der Waals surface area contributed by atoms with Gasteiger partial charge in [-0.3, -0.25) is 9.59 Å². The fourth-order valence-corrected chi connectivity index (χ4v) is 4.13. The Bertz CT molecular complexity index is 1040. The van der Waals surface area contributed by atoms with E-state index in [-0.39, 0.29) is 17.7 Å². The van der Waals surface area contributed by atoms with E-state index in [1.807, 2.05) is 84.6 Å². The zero-order chi connectivity index (χ0) is 21.6. The minimum atomic E-state index is -0.0749. The minimum Gasteiger partial charge on any atom is -0.348 e. The van der Waals surface area contributed by atoms with Gasteiger partial charge in [-0.25, -0.2) is 0 Å². The highest BCUT2D eigenvalue weighted by Gasteiger charge is 2.26. The van der Waals surface area contributed by atoms with Crippen molar-refractivity contribution >= 4 is 11.8 Å². The third-order valence-corrected chi connectivity index (χ3v) is 5.92. The van der Waals surface area contributed by atoms with E-state index < -0.39 is 0 Å². The van der Waals surface area contributed by atoms with Crippen molar-refractivity contribution < 1.29 is 9.59 Å². The molecular formula is C27H28N2O2. The highest BCUT2D eigenvalue weighted by Crippen LogP contribution is 2.28. The number of carbonyl (C=O) groups excluding carboxylic acids is 2. The first-order valence-corrected chi connectivity index (χ1v) is 10.9. The second-order valence-electron chi connectivity index (χ2n) is 8.25. The molecule has 4 nitrogen and oxygen atoms in total. The first-order chi connectivity index (χ1) is 15.1. The highest BCUT2D eigenvalue weighted by molar-refractivity contribution is 5.95. The zero-order valence-corrected chi connectivity index (χ0v) is 17.9. The van der Waals surface area contributed by atoms with Crippen LogP contribution in [0.5, 0.6) is 0 Å². The SMILES string of the molecule is Cc1ccc(C(=O)N2CCC[C@@H](c3cccc(C(=O)NCc4ccccc4)c3)C2)cc1. The maximum Gasteiger partial charge on any atom is 0.253 e. The van der Waals surface area contributed by atoms with E-state index in [4.69, 9.17) is 0 Å². The molecule has 1 fully saturated rings. The molecule has 0 bridgehead atoms. The average molecular weight is 413 g/mol. The van der Waals surface area contributed by atoms with Crippen molar-refractivity contribution in [1.82, 2.24) is 10.2 Å². The summed E-state index contributed by atoms with van der Waals surface area (Å²) in [6.07, 6.45) is 1.99. The van der Waals surface area contributed by atoms with Crippen LogP contribution in [0.15, 0.2) is 78.9 Å². The summed E-state index contributed by atoms with van der Waals surface area (Å²) in [4.78, 5) is 27.6. The average Bonchev–Trinajstić information content (AvgIpc) is 2.83. The molecule has 0 saturated carbocycles. The quantitative estimate of drug-likeness (QED) is 0.645. The van der Waals surface area contributed by atoms with E-state index in [0.29, 0.717) is 18.7 Å². The van der Waals surface area contributed by atoms with Gasteiger partial charge >= 0.3 is 0 Å². The first-order valence-electron chi connectivity index (χ1n) is 10.9. The van der Waals surface area contributed by atoms with Crippen LogP contribution in [0.25, 0.3) is 0 Å². The van der Waals surface area contributed by atoms with Crippen molar-refractivity contribution in [2.24, 2.45) is 0 Å². The lowest BCUT2D eigenvalue weighted by molar-refractivity contribution is 0.0706. The van der Waals surface area contributed by atoms with Gasteiger partial charge in [0.2, 0.25) is 0 Å². The summed E-state index contributed by atoms with van der Waals surface area (Å²) >= 11 is 0. The fourth-order valence-electron chi connectivity index (χ4n) is 4.13. The van der Waals surface area contributed by atoms with Crippen LogP contribution in [0, 0.1) is 6.92 Å². The van der Waals surface area contributed by atoms with Gasteiger partial charge in [-0.15, -0.1) is 0 Å². The molecule has 0 aliphatic carbocycles. The molecular weight excluding hydrogens is 384 g/mol. The molecule has 1 aliphatic rings. The number of nitrogens with zero attached hydrogens (tertiary/aromatic N) is 1. The van der Waals surface area contributed by atoms with E-state index >= 15 is 0 Å². The molecule has 158 valence electrons. The van der Waals surface area contributed by atoms with Gasteiger partial charge in [0.1, 0.15) is 0 Å². The number of likely N-dealkylation sites (tertiary alicyclic amines) is 1. The Morgan fingerprint density at radius 1 is 0.935 bits per heavy atom. The Labute approximate surface area is 183 Å². The second kappa shape index (κ2) is 9.61. The van der Waals surface area contributed by atoms with Crippen molar-refractivity contribution in [2.45, 2.75) is 32.2 Å². The van der Waals surface area contributed by atoms with E-state index in [9.17, 15) is 9.59 Å². The van der Waals surface area contributed by atoms with Gasteiger partial charge in [0, 0.05) is 36.7 Å². The Hall–Kier alpha value is -3.40. The summed E-state index contributed by atoms with van der Waals surface area (Å²) in [5.41, 5.74) is 4.74. The van der Waals surface area contributed by atoms with Crippen molar-refractivity contribution in [1.29, 1.82) is 0 Å². The molecule has 3 aromatic carbocycles. The van der Waals surface area contributed by atoms with Crippen LogP contribution < -0.4 is 5.32 Å². The van der Waals surface area contributed by atoms with E-state index in [2.05, 4.69) is 11.4 Å². The first kappa shape index (κ1) is 20.9. The largest absolute Gasteiger partial charge is 0.348 e. The van der Waals surface area contributed by atoms with Crippen molar-refractivity contribution in [2.75, 3.05) is 13.1 Å². The molecule has 1 atom stereocenters. The smallest absolute Gasteiger partial charge is 0.253 e. The fraction of sp³-hybridized carbons (Fsp3) is 0.259. The normalized spacial score (nSPS) is 16.0. The molecule has 4 heteroatoms. The molecule has 1 heterocycles. The Morgan fingerprint density at radius 2 is 1.71 bits per heavy atom. The van der Waals surface area contributed by atoms with Crippen molar-refractivity contribution in [3.63, 3.8) is 0 Å². The van der Waals surface area contributed by atoms with Crippen molar-refractivity contribution in [3.05, 3.63) is 107 Å². The van der Waals surface area contributed by atoms with Crippen LogP contribution in [-0.2, 0) is 6.54 Å². The Kier molecular flexibility index (Phi) is 6.46. The number of piperidine rings is 1. The van der Waals surface area contributed by atoms with Gasteiger partial charge in [-0.1, -0.05) is 60.2 Å². The van der Waals surface area contributed by atoms with Gasteiger partial charge in [-0.2, -0.15) is 0 Å². The topological polar surface area (TPSA) is 49.4 Å². The number of nitrogens with one attached hydrogen (secondary N) is 1. The van der Waals surface area contributed by atoms with Crippen LogP contribution in [0.2, 0.25) is 0 Å². The van der Waals surface area contributed by atoms with Gasteiger partial charge in [0.05, 0.1) is 0 Å². The molecule has 31 heavy (non-hydrogen) atoms. The number of hydrogen-bond acceptors (Lipinski definition) is 2. The third kappa shape index (κ3) is 5.21. The summed E-state index contributed by atoms with van der Waals surface area (Å²) in [7, 11) is 0. The second-order valence-corrected chi connectivity index (χ2v) is 8.25. The number of benzene rings is 3. The zero-order valence-electron chi connectivity index (χ0n) is 17.9. The van der Waals surface area contributed by atoms with Crippen LogP contribution >= 0.6 is 0 Å². The molecule has 0 spiro atoms. The minimum absolute atomic E-state index is 0.0749. The standard InChI is InChI=1S/C27H28N2O2/c1-20-12-14-22(15-13-20)27(31)29-16-6-11-25(19-29)23-9-5-10-24(17-23)26(30)28-18-21-7-3-2-4-8-21/h2-5,7-10,12-15,17,25H,6,11,16,18-19H2,1H3,(H,28,30)/t25-/m1/s1. The monoisotopic (exact) mass is 412 g/mol. The number of amides is 2. The molecule has 0 unspecified atom stereocenters. The number of carbonyl (C=O) groups is 2. The molecule has 1 N–H and O–H groups in total. The van der Waals surface area contributed by atoms with Gasteiger partial charge in [0.15, 0.2) is 0 Å². The molecule has 2 amide bonds. The number of aryl methyl sites for hydroxylation is 1. The van der Waals surface area contributed by atoms with E-state index in [1.54, 1.807) is 0 Å². The highest BCUT2D eigenvalue weighted by atomic mass is 16.2. The lowest BCUT2D eigenvalue weighted by Gasteiger charge is -2.33. The number of hydrogen-bond donors (Lipinski definition) is 1. The van der Waals surface area contributed by atoms with E-state index in [0.717, 1.165) is 41.6 Å². The lowest BCUT2D eigenvalue weighted by Crippen LogP contribution is -2.39. The lowest BCUT2D eigenvalue weighted by atomic mass is 9.89. The van der Waals surface area contributed by atoms with Crippen LogP contribution in [0.4, 0.5) is 0 Å². The van der Waals surface area contributed by atoms with Crippen LogP contribution in [-0.4, -0.2) is 29.8 Å². The summed E-state index contributed by atoms with van der Waals surface area (Å²) in [5, 5.41) is 2.99. The van der Waals surface area contributed by atoms with E-state index in [1.165, 1.54) is 0 Å². The molecule has 1 saturated heterocycles. The molecule has 3 aromatic rings. The van der Waals surface area contributed by atoms with Crippen molar-refractivity contribution in [3.8, 4) is 0 Å². The summed E-state index contributed by atoms with van der Waals surface area (Å²) in [6.45, 7) is 3.99. The third-order valence-electron chi connectivity index (χ3n) is 5.92. The summed E-state index contributed by atoms with van der Waals surface area (Å²) in [6, 6.07) is 25.5. The number of rotatable bonds is 5. The predicted molar refractivity (Wildman–Crippen MR) is 123 cm³/mol. The summed E-state index contributed by atoms with van der Waals surface area (Å²) in [5.74, 6) is 0.251. The maximum absolute atomic E-state index is 12.9. The van der Waals surface area contributed by atoms with Crippen LogP contribution in [0.1, 0.15) is 56.2 Å². The Morgan fingerprint density at radius 3 is 2.48 bits per heavy atom. The summed E-state index contributed by atoms with van der Waals surface area (Å²) < 4.78 is 0. The Balaban J connectivity index is 1.42. The molecule has 1 aliphatic heterocycles. The molecule has 0 aromatic heterocycles. The van der Waals surface area contributed by atoms with Crippen LogP contribution in [0.3, 0.4) is 0 Å². The van der Waals surface area contributed by atoms with Gasteiger partial charge in [0.25, 0.3) is 11.8 Å². The molecule has 0 radical (unpaired) electrons. The van der Waals surface area contributed by atoms with Gasteiger partial charge < -0.3 is 10.2 Å². The maximum atomic E-state index is 12.9.